The maximum atomic E-state index is 10.5. The van der Waals surface area contributed by atoms with Gasteiger partial charge in [0, 0.05) is 7.05 Å². The molecule has 1 saturated heterocycles. The Kier molecular flexibility index (Phi) is 5.49. The number of aliphatic hydroxyl groups excluding tert-OH is 3. The Labute approximate surface area is 202 Å². The molecular formula is C26H27N5O4. The summed E-state index contributed by atoms with van der Waals surface area (Å²) in [7, 11) is 2.01. The van der Waals surface area contributed by atoms with Crippen molar-refractivity contribution in [1.82, 2.24) is 19.5 Å². The SMILES string of the molecule is CN(c1ncnc2c1ncn2C1O[C@H](CO)[C@@H](O)[C@H]1O)C1c2ccccc2CCc2ccccc21. The van der Waals surface area contributed by atoms with E-state index >= 15 is 0 Å². The zero-order valence-electron chi connectivity index (χ0n) is 19.3. The van der Waals surface area contributed by atoms with Crippen molar-refractivity contribution in [1.29, 1.82) is 0 Å². The monoisotopic (exact) mass is 473 g/mol. The van der Waals surface area contributed by atoms with Crippen molar-refractivity contribution in [2.24, 2.45) is 0 Å². The van der Waals surface area contributed by atoms with Gasteiger partial charge in [0.25, 0.3) is 0 Å². The molecule has 1 aliphatic carbocycles. The molecule has 35 heavy (non-hydrogen) atoms. The molecule has 2 aromatic heterocycles. The molecule has 1 fully saturated rings. The van der Waals surface area contributed by atoms with Crippen LogP contribution in [0.15, 0.2) is 61.2 Å². The van der Waals surface area contributed by atoms with Gasteiger partial charge in [-0.25, -0.2) is 15.0 Å². The highest BCUT2D eigenvalue weighted by Crippen LogP contribution is 2.39. The highest BCUT2D eigenvalue weighted by Gasteiger charge is 2.44. The van der Waals surface area contributed by atoms with Gasteiger partial charge in [-0.1, -0.05) is 48.5 Å². The van der Waals surface area contributed by atoms with Gasteiger partial charge in [-0.2, -0.15) is 0 Å². The lowest BCUT2D eigenvalue weighted by atomic mass is 9.93. The van der Waals surface area contributed by atoms with Crippen molar-refractivity contribution in [3.63, 3.8) is 0 Å². The highest BCUT2D eigenvalue weighted by atomic mass is 16.6. The molecule has 3 N–H and O–H groups in total. The molecule has 4 aromatic rings. The van der Waals surface area contributed by atoms with E-state index in [0.717, 1.165) is 12.8 Å². The number of rotatable bonds is 4. The first-order valence-corrected chi connectivity index (χ1v) is 11.8. The molecule has 4 atom stereocenters. The average Bonchev–Trinajstić information content (AvgIpc) is 3.38. The fourth-order valence-electron chi connectivity index (χ4n) is 5.43. The minimum absolute atomic E-state index is 0.0675. The minimum Gasteiger partial charge on any atom is -0.394 e. The lowest BCUT2D eigenvalue weighted by molar-refractivity contribution is -0.0511. The lowest BCUT2D eigenvalue weighted by Gasteiger charge is -2.31. The fourth-order valence-corrected chi connectivity index (χ4v) is 5.43. The number of hydrogen-bond acceptors (Lipinski definition) is 8. The van der Waals surface area contributed by atoms with Gasteiger partial charge < -0.3 is 25.0 Å². The Morgan fingerprint density at radius 3 is 2.23 bits per heavy atom. The van der Waals surface area contributed by atoms with Crippen molar-refractivity contribution < 1.29 is 20.1 Å². The Bertz CT molecular complexity index is 1330. The van der Waals surface area contributed by atoms with Crippen LogP contribution in [0.5, 0.6) is 0 Å². The second-order valence-corrected chi connectivity index (χ2v) is 9.16. The van der Waals surface area contributed by atoms with Gasteiger partial charge >= 0.3 is 0 Å². The first-order valence-electron chi connectivity index (χ1n) is 11.8. The molecule has 6 rings (SSSR count). The predicted octanol–water partition coefficient (Wildman–Crippen LogP) is 1.76. The number of anilines is 1. The number of imidazole rings is 1. The van der Waals surface area contributed by atoms with Crippen LogP contribution in [0.3, 0.4) is 0 Å². The van der Waals surface area contributed by atoms with Gasteiger partial charge in [-0.15, -0.1) is 0 Å². The Balaban J connectivity index is 1.46. The fraction of sp³-hybridized carbons (Fsp3) is 0.346. The van der Waals surface area contributed by atoms with Gasteiger partial charge in [-0.05, 0) is 35.1 Å². The van der Waals surface area contributed by atoms with Gasteiger partial charge in [0.2, 0.25) is 0 Å². The largest absolute Gasteiger partial charge is 0.394 e. The van der Waals surface area contributed by atoms with Crippen molar-refractivity contribution in [2.75, 3.05) is 18.6 Å². The van der Waals surface area contributed by atoms with Gasteiger partial charge in [-0.3, -0.25) is 4.57 Å². The van der Waals surface area contributed by atoms with Crippen LogP contribution in [0.1, 0.15) is 34.5 Å². The summed E-state index contributed by atoms with van der Waals surface area (Å²) >= 11 is 0. The van der Waals surface area contributed by atoms with Crippen LogP contribution in [0.2, 0.25) is 0 Å². The van der Waals surface area contributed by atoms with E-state index < -0.39 is 31.1 Å². The average molecular weight is 474 g/mol. The van der Waals surface area contributed by atoms with Gasteiger partial charge in [0.15, 0.2) is 23.2 Å². The number of aromatic nitrogens is 4. The quantitative estimate of drug-likeness (QED) is 0.411. The summed E-state index contributed by atoms with van der Waals surface area (Å²) in [6.45, 7) is -0.398. The number of fused-ring (bicyclic) bond motifs is 3. The summed E-state index contributed by atoms with van der Waals surface area (Å²) in [5.41, 5.74) is 6.12. The van der Waals surface area contributed by atoms with E-state index in [4.69, 9.17) is 4.74 Å². The molecule has 0 radical (unpaired) electrons. The molecule has 180 valence electrons. The first kappa shape index (κ1) is 22.1. The van der Waals surface area contributed by atoms with E-state index in [-0.39, 0.29) is 6.04 Å². The van der Waals surface area contributed by atoms with Crippen molar-refractivity contribution >= 4 is 17.0 Å². The molecule has 3 heterocycles. The minimum atomic E-state index is -1.22. The molecule has 1 unspecified atom stereocenters. The summed E-state index contributed by atoms with van der Waals surface area (Å²) in [5, 5.41) is 30.2. The van der Waals surface area contributed by atoms with E-state index in [1.807, 2.05) is 7.05 Å². The third kappa shape index (κ3) is 3.51. The highest BCUT2D eigenvalue weighted by molar-refractivity contribution is 5.84. The number of ether oxygens (including phenoxy) is 1. The number of benzene rings is 2. The summed E-state index contributed by atoms with van der Waals surface area (Å²) < 4.78 is 7.30. The number of hydrogen-bond donors (Lipinski definition) is 3. The normalized spacial score (nSPS) is 24.2. The van der Waals surface area contributed by atoms with Crippen LogP contribution in [0.4, 0.5) is 5.82 Å². The number of aryl methyl sites for hydroxylation is 2. The molecule has 1 aliphatic heterocycles. The molecule has 0 bridgehead atoms. The van der Waals surface area contributed by atoms with E-state index in [0.29, 0.717) is 17.0 Å². The molecule has 0 amide bonds. The third-order valence-corrected chi connectivity index (χ3v) is 7.22. The Hall–Kier alpha value is -3.37. The summed E-state index contributed by atoms with van der Waals surface area (Å²) in [6.07, 6.45) is 0.725. The molecule has 2 aromatic carbocycles. The third-order valence-electron chi connectivity index (χ3n) is 7.22. The van der Waals surface area contributed by atoms with Crippen molar-refractivity contribution in [3.8, 4) is 0 Å². The maximum Gasteiger partial charge on any atom is 0.167 e. The Morgan fingerprint density at radius 2 is 1.60 bits per heavy atom. The second kappa shape index (κ2) is 8.69. The van der Waals surface area contributed by atoms with Crippen molar-refractivity contribution in [3.05, 3.63) is 83.4 Å². The van der Waals surface area contributed by atoms with E-state index in [1.54, 1.807) is 4.57 Å². The summed E-state index contributed by atoms with van der Waals surface area (Å²) in [4.78, 5) is 15.7. The topological polar surface area (TPSA) is 117 Å². The van der Waals surface area contributed by atoms with E-state index in [9.17, 15) is 15.3 Å². The molecule has 9 heteroatoms. The molecular weight excluding hydrogens is 446 g/mol. The van der Waals surface area contributed by atoms with E-state index in [2.05, 4.69) is 68.4 Å². The van der Waals surface area contributed by atoms with Gasteiger partial charge in [0.05, 0.1) is 19.0 Å². The lowest BCUT2D eigenvalue weighted by Crippen LogP contribution is -2.33. The molecule has 0 saturated carbocycles. The van der Waals surface area contributed by atoms with Crippen LogP contribution >= 0.6 is 0 Å². The molecule has 2 aliphatic rings. The maximum absolute atomic E-state index is 10.5. The number of aliphatic hydroxyl groups is 3. The first-order chi connectivity index (χ1) is 17.1. The van der Waals surface area contributed by atoms with E-state index in [1.165, 1.54) is 34.9 Å². The van der Waals surface area contributed by atoms with Crippen molar-refractivity contribution in [2.45, 2.75) is 43.4 Å². The smallest absolute Gasteiger partial charge is 0.167 e. The van der Waals surface area contributed by atoms with Crippen LogP contribution in [-0.2, 0) is 17.6 Å². The standard InChI is InChI=1S/C26H27N5O4/c1-30(21-17-8-4-2-6-15(17)10-11-16-7-3-5-9-18(16)21)24-20-25(28-13-27-24)31(14-29-20)26-23(34)22(33)19(12-32)35-26/h2-9,13-14,19,21-23,26,32-34H,10-12H2,1H3/t19-,22-,23-,26?/m1/s1. The van der Waals surface area contributed by atoms with Gasteiger partial charge in [0.1, 0.15) is 24.6 Å². The van der Waals surface area contributed by atoms with Crippen LogP contribution < -0.4 is 4.90 Å². The number of nitrogens with zero attached hydrogens (tertiary/aromatic N) is 5. The predicted molar refractivity (Wildman–Crippen MR) is 129 cm³/mol. The van der Waals surface area contributed by atoms with Crippen LogP contribution in [0, 0.1) is 0 Å². The molecule has 9 nitrogen and oxygen atoms in total. The molecule has 0 spiro atoms. The summed E-state index contributed by atoms with van der Waals surface area (Å²) in [5.74, 6) is 0.650. The van der Waals surface area contributed by atoms with Crippen LogP contribution in [-0.4, -0.2) is 66.8 Å². The summed E-state index contributed by atoms with van der Waals surface area (Å²) in [6, 6.07) is 17.0. The zero-order chi connectivity index (χ0) is 24.1. The second-order valence-electron chi connectivity index (χ2n) is 9.16. The zero-order valence-corrected chi connectivity index (χ0v) is 19.3. The van der Waals surface area contributed by atoms with Crippen LogP contribution in [0.25, 0.3) is 11.2 Å². The Morgan fingerprint density at radius 1 is 0.943 bits per heavy atom.